The molecule has 0 radical (unpaired) electrons. The number of carbonyl (C=O) groups excluding carboxylic acids is 1. The van der Waals surface area contributed by atoms with Crippen molar-refractivity contribution in [1.82, 2.24) is 10.9 Å². The largest absolute Gasteiger partial charge is 0.375 e. The van der Waals surface area contributed by atoms with E-state index in [2.05, 4.69) is 23.1 Å². The Kier molecular flexibility index (Phi) is 3.88. The molecule has 0 unspecified atom stereocenters. The molecule has 80 valence electrons. The van der Waals surface area contributed by atoms with Crippen molar-refractivity contribution >= 4 is 34.8 Å². The van der Waals surface area contributed by atoms with E-state index in [-0.39, 0.29) is 11.0 Å². The maximum atomic E-state index is 11.5. The first-order chi connectivity index (χ1) is 7.00. The molecule has 4 nitrogen and oxygen atoms in total. The molecule has 0 fully saturated rings. The van der Waals surface area contributed by atoms with Gasteiger partial charge in [0.05, 0.1) is 0 Å². The normalized spacial score (nSPS) is 9.47. The topological polar surface area (TPSA) is 67.2 Å². The van der Waals surface area contributed by atoms with Crippen molar-refractivity contribution in [2.75, 3.05) is 0 Å². The van der Waals surface area contributed by atoms with Gasteiger partial charge in [-0.1, -0.05) is 11.6 Å². The second-order valence-corrected chi connectivity index (χ2v) is 3.75. The van der Waals surface area contributed by atoms with Crippen LogP contribution in [-0.4, -0.2) is 11.0 Å². The van der Waals surface area contributed by atoms with Gasteiger partial charge in [-0.25, -0.2) is 0 Å². The summed E-state index contributed by atoms with van der Waals surface area (Å²) in [4.78, 5) is 11.5. The van der Waals surface area contributed by atoms with Crippen molar-refractivity contribution < 1.29 is 4.79 Å². The first kappa shape index (κ1) is 11.7. The molecule has 0 saturated heterocycles. The van der Waals surface area contributed by atoms with Crippen LogP contribution in [0.2, 0.25) is 5.02 Å². The fraction of sp³-hybridized carbons (Fsp3) is 0.111. The van der Waals surface area contributed by atoms with Crippen molar-refractivity contribution in [3.8, 4) is 0 Å². The second kappa shape index (κ2) is 4.95. The fourth-order valence-corrected chi connectivity index (χ4v) is 1.15. The smallest absolute Gasteiger partial charge is 0.269 e. The predicted octanol–water partition coefficient (Wildman–Crippen LogP) is 1.13. The Bertz CT molecular complexity index is 408. The summed E-state index contributed by atoms with van der Waals surface area (Å²) in [6, 6.07) is 4.96. The number of aryl methyl sites for hydroxylation is 1. The molecule has 1 rings (SSSR count). The van der Waals surface area contributed by atoms with E-state index in [1.54, 1.807) is 18.2 Å². The van der Waals surface area contributed by atoms with Gasteiger partial charge in [0.25, 0.3) is 5.91 Å². The van der Waals surface area contributed by atoms with E-state index in [1.165, 1.54) is 0 Å². The van der Waals surface area contributed by atoms with E-state index in [1.807, 2.05) is 6.92 Å². The Hall–Kier alpha value is -1.33. The predicted molar refractivity (Wildman–Crippen MR) is 63.6 cm³/mol. The quantitative estimate of drug-likeness (QED) is 0.511. The molecule has 0 aliphatic rings. The van der Waals surface area contributed by atoms with Crippen LogP contribution in [0.25, 0.3) is 0 Å². The number of thiocarbonyl (C=S) groups is 1. The highest BCUT2D eigenvalue weighted by molar-refractivity contribution is 7.80. The van der Waals surface area contributed by atoms with E-state index in [0.717, 1.165) is 5.56 Å². The third kappa shape index (κ3) is 3.38. The summed E-state index contributed by atoms with van der Waals surface area (Å²) in [6.07, 6.45) is 0. The van der Waals surface area contributed by atoms with E-state index in [4.69, 9.17) is 17.3 Å². The Labute approximate surface area is 97.8 Å². The van der Waals surface area contributed by atoms with Gasteiger partial charge in [0.2, 0.25) is 0 Å². The van der Waals surface area contributed by atoms with Gasteiger partial charge in [-0.2, -0.15) is 0 Å². The van der Waals surface area contributed by atoms with Gasteiger partial charge in [0.1, 0.15) is 0 Å². The molecule has 0 spiro atoms. The number of halogens is 1. The molecular formula is C9H10ClN3OS. The molecule has 1 aromatic rings. The van der Waals surface area contributed by atoms with Crippen molar-refractivity contribution in [2.45, 2.75) is 6.92 Å². The number of hydrazine groups is 1. The van der Waals surface area contributed by atoms with Crippen LogP contribution >= 0.6 is 23.8 Å². The Balaban J connectivity index is 2.74. The molecule has 0 aliphatic carbocycles. The zero-order valence-electron chi connectivity index (χ0n) is 8.00. The van der Waals surface area contributed by atoms with Gasteiger partial charge >= 0.3 is 0 Å². The van der Waals surface area contributed by atoms with Gasteiger partial charge in [-0.15, -0.1) is 0 Å². The minimum Gasteiger partial charge on any atom is -0.375 e. The number of amides is 1. The number of carbonyl (C=O) groups is 1. The van der Waals surface area contributed by atoms with Crippen LogP contribution < -0.4 is 16.6 Å². The molecule has 0 aliphatic heterocycles. The van der Waals surface area contributed by atoms with Crippen molar-refractivity contribution in [3.05, 3.63) is 34.3 Å². The summed E-state index contributed by atoms with van der Waals surface area (Å²) in [5.41, 5.74) is 11.2. The number of benzene rings is 1. The Morgan fingerprint density at radius 2 is 2.13 bits per heavy atom. The molecule has 1 aromatic carbocycles. The van der Waals surface area contributed by atoms with Crippen LogP contribution in [0.3, 0.4) is 0 Å². The lowest BCUT2D eigenvalue weighted by Gasteiger charge is -2.07. The summed E-state index contributed by atoms with van der Waals surface area (Å²) in [5, 5.41) is 0.628. The van der Waals surface area contributed by atoms with Crippen LogP contribution in [0.4, 0.5) is 0 Å². The van der Waals surface area contributed by atoms with Gasteiger partial charge < -0.3 is 5.73 Å². The first-order valence-electron chi connectivity index (χ1n) is 4.12. The number of rotatable bonds is 1. The van der Waals surface area contributed by atoms with Crippen molar-refractivity contribution in [3.63, 3.8) is 0 Å². The lowest BCUT2D eigenvalue weighted by Crippen LogP contribution is -2.44. The zero-order valence-corrected chi connectivity index (χ0v) is 9.58. The van der Waals surface area contributed by atoms with Crippen molar-refractivity contribution in [1.29, 1.82) is 0 Å². The number of hydrogen-bond donors (Lipinski definition) is 3. The summed E-state index contributed by atoms with van der Waals surface area (Å²) >= 11 is 10.4. The SMILES string of the molecule is Cc1cc(C(=O)NNC(N)=S)ccc1Cl. The molecule has 0 saturated carbocycles. The Morgan fingerprint density at radius 3 is 2.67 bits per heavy atom. The summed E-state index contributed by atoms with van der Waals surface area (Å²) in [6.45, 7) is 1.82. The van der Waals surface area contributed by atoms with E-state index < -0.39 is 0 Å². The second-order valence-electron chi connectivity index (χ2n) is 2.91. The number of nitrogens with two attached hydrogens (primary N) is 1. The molecular weight excluding hydrogens is 234 g/mol. The molecule has 0 aromatic heterocycles. The zero-order chi connectivity index (χ0) is 11.4. The lowest BCUT2D eigenvalue weighted by atomic mass is 10.1. The molecule has 1 amide bonds. The standard InChI is InChI=1S/C9H10ClN3OS/c1-5-4-6(2-3-7(5)10)8(14)12-13-9(11)15/h2-4H,1H3,(H,12,14)(H3,11,13,15). The minimum absolute atomic E-state index is 0.00837. The van der Waals surface area contributed by atoms with Crippen LogP contribution in [0.15, 0.2) is 18.2 Å². The third-order valence-corrected chi connectivity index (χ3v) is 2.25. The molecule has 6 heteroatoms. The average Bonchev–Trinajstić information content (AvgIpc) is 2.18. The van der Waals surface area contributed by atoms with E-state index >= 15 is 0 Å². The monoisotopic (exact) mass is 243 g/mol. The number of hydrogen-bond acceptors (Lipinski definition) is 2. The lowest BCUT2D eigenvalue weighted by molar-refractivity contribution is 0.0944. The van der Waals surface area contributed by atoms with Gasteiger partial charge in [0.15, 0.2) is 5.11 Å². The molecule has 0 bridgehead atoms. The highest BCUT2D eigenvalue weighted by Gasteiger charge is 2.06. The fourth-order valence-electron chi connectivity index (χ4n) is 0.976. The van der Waals surface area contributed by atoms with Crippen LogP contribution in [0.5, 0.6) is 0 Å². The highest BCUT2D eigenvalue weighted by Crippen LogP contribution is 2.15. The maximum Gasteiger partial charge on any atom is 0.269 e. The average molecular weight is 244 g/mol. The summed E-state index contributed by atoms with van der Waals surface area (Å²) in [7, 11) is 0. The van der Waals surface area contributed by atoms with Crippen LogP contribution in [0, 0.1) is 6.92 Å². The summed E-state index contributed by atoms with van der Waals surface area (Å²) < 4.78 is 0. The minimum atomic E-state index is -0.317. The number of nitrogens with one attached hydrogen (secondary N) is 2. The van der Waals surface area contributed by atoms with Crippen molar-refractivity contribution in [2.24, 2.45) is 5.73 Å². The molecule has 0 atom stereocenters. The van der Waals surface area contributed by atoms with Crippen LogP contribution in [-0.2, 0) is 0 Å². The molecule has 15 heavy (non-hydrogen) atoms. The van der Waals surface area contributed by atoms with E-state index in [0.29, 0.717) is 10.6 Å². The highest BCUT2D eigenvalue weighted by atomic mass is 35.5. The van der Waals surface area contributed by atoms with E-state index in [9.17, 15) is 4.79 Å². The van der Waals surface area contributed by atoms with Gasteiger partial charge in [-0.05, 0) is 42.9 Å². The maximum absolute atomic E-state index is 11.5. The van der Waals surface area contributed by atoms with Gasteiger partial charge in [-0.3, -0.25) is 15.6 Å². The Morgan fingerprint density at radius 1 is 1.47 bits per heavy atom. The molecule has 0 heterocycles. The first-order valence-corrected chi connectivity index (χ1v) is 4.91. The molecule has 4 N–H and O–H groups in total. The van der Waals surface area contributed by atoms with Crippen LogP contribution in [0.1, 0.15) is 15.9 Å². The van der Waals surface area contributed by atoms with Gasteiger partial charge in [0, 0.05) is 10.6 Å². The summed E-state index contributed by atoms with van der Waals surface area (Å²) in [5.74, 6) is -0.317. The third-order valence-electron chi connectivity index (χ3n) is 1.72.